The Morgan fingerprint density at radius 2 is 1.05 bits per heavy atom. The maximum atomic E-state index is 11.3. The summed E-state index contributed by atoms with van der Waals surface area (Å²) in [5.74, 6) is 2.33. The number of carbonyl (C=O) groups is 1. The highest BCUT2D eigenvalue weighted by molar-refractivity contribution is 5.78. The molecule has 0 amide bonds. The van der Waals surface area contributed by atoms with Crippen LogP contribution in [0.1, 0.15) is 274 Å². The lowest BCUT2D eigenvalue weighted by Gasteiger charge is -2.58. The zero-order valence-corrected chi connectivity index (χ0v) is 49.0. The molecule has 0 aromatic heterocycles. The number of nitrogens with zero attached hydrogens (tertiary/aromatic N) is 5. The van der Waals surface area contributed by atoms with Crippen LogP contribution in [0.3, 0.4) is 0 Å². The molecule has 7 rings (SSSR count). The van der Waals surface area contributed by atoms with E-state index in [0.29, 0.717) is 50.5 Å². The number of piperidine rings is 3. The van der Waals surface area contributed by atoms with E-state index in [4.69, 9.17) is 0 Å². The minimum Gasteiger partial charge on any atom is -0.300 e. The number of ketones is 1. The highest BCUT2D eigenvalue weighted by Crippen LogP contribution is 2.59. The van der Waals surface area contributed by atoms with Gasteiger partial charge in [0.25, 0.3) is 0 Å². The van der Waals surface area contributed by atoms with Crippen LogP contribution in [-0.2, 0) is 4.79 Å². The summed E-state index contributed by atoms with van der Waals surface area (Å²) in [5, 5.41) is 0. The fourth-order valence-electron chi connectivity index (χ4n) is 14.0. The van der Waals surface area contributed by atoms with Crippen molar-refractivity contribution < 1.29 is 4.79 Å². The third-order valence-corrected chi connectivity index (χ3v) is 18.5. The molecule has 7 aliphatic rings. The lowest BCUT2D eigenvalue weighted by atomic mass is 9.65. The monoisotopic (exact) mass is 926 g/mol. The van der Waals surface area contributed by atoms with Crippen LogP contribution in [0.4, 0.5) is 0 Å². The molecule has 6 heteroatoms. The maximum Gasteiger partial charge on any atom is 0.134 e. The van der Waals surface area contributed by atoms with E-state index in [1.54, 1.807) is 0 Å². The van der Waals surface area contributed by atoms with E-state index < -0.39 is 0 Å². The van der Waals surface area contributed by atoms with Gasteiger partial charge in [-0.05, 0) is 245 Å². The third-order valence-electron chi connectivity index (χ3n) is 18.5. The highest BCUT2D eigenvalue weighted by atomic mass is 16.1. The molecule has 7 fully saturated rings. The first-order chi connectivity index (χ1) is 30.2. The van der Waals surface area contributed by atoms with Crippen LogP contribution >= 0.6 is 0 Å². The standard InChI is InChI=1S/C14H27N.C12H23N.C12H25N.C11H21NO.C11H23N/c1-12(2,3)15-10-8-11-7-9-14(15,6)13(11,4)5;1-11(2,3)13-10-6-4-5-7-12(13)8-9-12;1-6-11-8-7-10(2)13(9-11)12(3,4)5;1-9-5-6-10(13)7-8-12(9)11(2,3)4;1-5-10-8-6-7-9-12(10)11(2,3)4/h11H,7-10H2,1-6H3;4-10H2,1-3H3;10-11H,6-9H2,1-5H3;9H,5-8H2,1-4H3;10H,5-9H2,1-4H3/t;;;;10-/m....1/s1. The molecule has 0 radical (unpaired) electrons. The zero-order chi connectivity index (χ0) is 50.3. The molecule has 5 unspecified atom stereocenters. The molecule has 5 aliphatic heterocycles. The van der Waals surface area contributed by atoms with Gasteiger partial charge in [0, 0.05) is 82.8 Å². The van der Waals surface area contributed by atoms with Gasteiger partial charge in [-0.1, -0.05) is 53.4 Å². The summed E-state index contributed by atoms with van der Waals surface area (Å²) >= 11 is 0. The van der Waals surface area contributed by atoms with Crippen LogP contribution in [0, 0.1) is 17.3 Å². The molecule has 2 bridgehead atoms. The second-order valence-corrected chi connectivity index (χ2v) is 28.7. The van der Waals surface area contributed by atoms with Gasteiger partial charge in [0.2, 0.25) is 0 Å². The summed E-state index contributed by atoms with van der Waals surface area (Å²) < 4.78 is 0. The van der Waals surface area contributed by atoms with Gasteiger partial charge >= 0.3 is 0 Å². The van der Waals surface area contributed by atoms with Gasteiger partial charge < -0.3 is 0 Å². The first kappa shape index (κ1) is 59.8. The van der Waals surface area contributed by atoms with E-state index in [2.05, 4.69) is 177 Å². The number of hydrogen-bond acceptors (Lipinski definition) is 6. The molecular formula is C60H119N5O. The molecule has 0 aromatic carbocycles. The average Bonchev–Trinajstić information content (AvgIpc) is 4.02. The molecule has 0 N–H and O–H groups in total. The number of fused-ring (bicyclic) bond motifs is 2. The van der Waals surface area contributed by atoms with Crippen molar-refractivity contribution in [3.05, 3.63) is 0 Å². The Morgan fingerprint density at radius 1 is 0.485 bits per heavy atom. The van der Waals surface area contributed by atoms with E-state index in [0.717, 1.165) is 49.7 Å². The molecule has 6 atom stereocenters. The number of rotatable bonds is 2. The number of hydrogen-bond donors (Lipinski definition) is 0. The Morgan fingerprint density at radius 3 is 1.55 bits per heavy atom. The average molecular weight is 927 g/mol. The second-order valence-electron chi connectivity index (χ2n) is 28.7. The fourth-order valence-corrected chi connectivity index (χ4v) is 14.0. The Labute approximate surface area is 414 Å². The molecule has 5 saturated heterocycles. The van der Waals surface area contributed by atoms with Crippen molar-refractivity contribution in [3.63, 3.8) is 0 Å². The Balaban J connectivity index is 0.000000219. The predicted molar refractivity (Wildman–Crippen MR) is 291 cm³/mol. The Bertz CT molecular complexity index is 1430. The molecule has 5 heterocycles. The SMILES string of the molecule is CC(C)(C)N1CCC2CCC1(C)C2(C)C.CC(C)(C)N1CCCCCC12CC2.CC1CCC(=O)CCN1C(C)(C)C.CCC1CCC(C)N(C(C)(C)C)C1.CC[C@@H]1CCCCN1C(C)(C)C. The molecular weight excluding hydrogens is 807 g/mol. The van der Waals surface area contributed by atoms with Crippen molar-refractivity contribution >= 4 is 5.78 Å². The first-order valence-corrected chi connectivity index (χ1v) is 28.5. The molecule has 6 nitrogen and oxygen atoms in total. The van der Waals surface area contributed by atoms with Gasteiger partial charge in [-0.2, -0.15) is 0 Å². The maximum absolute atomic E-state index is 11.3. The molecule has 1 spiro atoms. The summed E-state index contributed by atoms with van der Waals surface area (Å²) in [4.78, 5) is 24.6. The van der Waals surface area contributed by atoms with Gasteiger partial charge in [0.1, 0.15) is 5.78 Å². The van der Waals surface area contributed by atoms with Crippen LogP contribution < -0.4 is 0 Å². The van der Waals surface area contributed by atoms with Crippen molar-refractivity contribution in [1.29, 1.82) is 0 Å². The van der Waals surface area contributed by atoms with Crippen molar-refractivity contribution in [3.8, 4) is 0 Å². The summed E-state index contributed by atoms with van der Waals surface area (Å²) in [6.07, 6.45) is 25.2. The van der Waals surface area contributed by atoms with Crippen molar-refractivity contribution in [2.75, 3.05) is 32.7 Å². The zero-order valence-electron chi connectivity index (χ0n) is 49.0. The molecule has 2 aliphatic carbocycles. The Kier molecular flexibility index (Phi) is 21.6. The number of likely N-dealkylation sites (tertiary alicyclic amines) is 5. The van der Waals surface area contributed by atoms with Gasteiger partial charge in [-0.3, -0.25) is 29.3 Å². The van der Waals surface area contributed by atoms with Crippen LogP contribution in [-0.4, -0.2) is 120 Å². The van der Waals surface area contributed by atoms with Gasteiger partial charge in [-0.15, -0.1) is 0 Å². The van der Waals surface area contributed by atoms with E-state index in [1.165, 1.54) is 129 Å². The predicted octanol–water partition coefficient (Wildman–Crippen LogP) is 15.5. The van der Waals surface area contributed by atoms with Gasteiger partial charge in [0.05, 0.1) is 0 Å². The first-order valence-electron chi connectivity index (χ1n) is 28.5. The van der Waals surface area contributed by atoms with Gasteiger partial charge in [-0.25, -0.2) is 0 Å². The quantitative estimate of drug-likeness (QED) is 0.274. The molecule has 66 heavy (non-hydrogen) atoms. The molecule has 0 aromatic rings. The lowest BCUT2D eigenvalue weighted by Crippen LogP contribution is -2.64. The number of Topliss-reactive ketones (excluding diaryl/α,β-unsaturated/α-hetero) is 1. The van der Waals surface area contributed by atoms with Crippen molar-refractivity contribution in [2.24, 2.45) is 17.3 Å². The molecule has 2 saturated carbocycles. The van der Waals surface area contributed by atoms with Crippen LogP contribution in [0.2, 0.25) is 0 Å². The number of carbonyl (C=O) groups excluding carboxylic acids is 1. The van der Waals surface area contributed by atoms with E-state index in [1.807, 2.05) is 0 Å². The van der Waals surface area contributed by atoms with Crippen LogP contribution in [0.5, 0.6) is 0 Å². The summed E-state index contributed by atoms with van der Waals surface area (Å²) in [6, 6.07) is 2.17. The van der Waals surface area contributed by atoms with Crippen molar-refractivity contribution in [1.82, 2.24) is 24.5 Å². The van der Waals surface area contributed by atoms with Crippen LogP contribution in [0.15, 0.2) is 0 Å². The summed E-state index contributed by atoms with van der Waals surface area (Å²) in [5.41, 5.74) is 3.21. The normalized spacial score (nSPS) is 31.7. The minimum absolute atomic E-state index is 0.198. The lowest BCUT2D eigenvalue weighted by molar-refractivity contribution is -0.118. The van der Waals surface area contributed by atoms with E-state index in [-0.39, 0.29) is 5.54 Å². The Hall–Kier alpha value is -0.530. The smallest absolute Gasteiger partial charge is 0.134 e. The minimum atomic E-state index is 0.198. The van der Waals surface area contributed by atoms with Crippen LogP contribution in [0.25, 0.3) is 0 Å². The van der Waals surface area contributed by atoms with Crippen molar-refractivity contribution in [2.45, 2.75) is 331 Å². The van der Waals surface area contributed by atoms with E-state index in [9.17, 15) is 4.79 Å². The third kappa shape index (κ3) is 16.2. The summed E-state index contributed by atoms with van der Waals surface area (Å²) in [6.45, 7) is 57.8. The fraction of sp³-hybridized carbons (Fsp3) is 0.983. The highest BCUT2D eigenvalue weighted by Gasteiger charge is 2.59. The largest absolute Gasteiger partial charge is 0.300 e. The topological polar surface area (TPSA) is 33.3 Å². The molecule has 390 valence electrons. The van der Waals surface area contributed by atoms with Gasteiger partial charge in [0.15, 0.2) is 0 Å². The van der Waals surface area contributed by atoms with E-state index >= 15 is 0 Å². The summed E-state index contributed by atoms with van der Waals surface area (Å²) in [7, 11) is 0. The second kappa shape index (κ2) is 23.8.